The third kappa shape index (κ3) is 5.53. The van der Waals surface area contributed by atoms with Crippen molar-refractivity contribution in [2.24, 2.45) is 0 Å². The second-order valence-corrected chi connectivity index (χ2v) is 6.37. The van der Waals surface area contributed by atoms with Crippen LogP contribution in [0.3, 0.4) is 0 Å². The third-order valence-corrected chi connectivity index (χ3v) is 4.16. The van der Waals surface area contributed by atoms with E-state index in [1.807, 2.05) is 0 Å². The highest BCUT2D eigenvalue weighted by atomic mass is 127. The van der Waals surface area contributed by atoms with Crippen molar-refractivity contribution in [3.05, 3.63) is 77.4 Å². The minimum atomic E-state index is 0.928. The summed E-state index contributed by atoms with van der Waals surface area (Å²) in [5, 5.41) is 0. The molecule has 23 heavy (non-hydrogen) atoms. The zero-order valence-corrected chi connectivity index (χ0v) is 15.9. The minimum Gasteiger partial charge on any atom is -0.302 e. The van der Waals surface area contributed by atoms with E-state index in [1.165, 1.54) is 22.3 Å². The molecule has 0 atom stereocenters. The smallest absolute Gasteiger partial charge is 0.0256 e. The van der Waals surface area contributed by atoms with E-state index in [9.17, 15) is 0 Å². The molecule has 2 rings (SSSR count). The summed E-state index contributed by atoms with van der Waals surface area (Å²) in [5.74, 6) is 3.10. The van der Waals surface area contributed by atoms with E-state index in [2.05, 4.69) is 106 Å². The number of aryl methyl sites for hydroxylation is 1. The molecule has 0 amide bonds. The third-order valence-electron chi connectivity index (χ3n) is 3.89. The molecule has 0 radical (unpaired) electrons. The van der Waals surface area contributed by atoms with Crippen LogP contribution in [0, 0.1) is 16.8 Å². The molecule has 0 aliphatic rings. The normalized spacial score (nSPS) is 10.3. The standard InChI is InChI=1S/C21H22IN/c1-17-7-4-5-10-21(17)18(2)12-14-23(3)16-20-9-6-8-19(15-20)11-13-22/h4-10,15H,2,12,14,16H2,1,3H3. The van der Waals surface area contributed by atoms with Crippen LogP contribution in [0.2, 0.25) is 0 Å². The maximum Gasteiger partial charge on any atom is 0.0256 e. The van der Waals surface area contributed by atoms with Gasteiger partial charge in [0.1, 0.15) is 0 Å². The SMILES string of the molecule is C=C(CCN(C)Cc1cccc(C#CI)c1)c1ccccc1C. The van der Waals surface area contributed by atoms with Gasteiger partial charge in [-0.1, -0.05) is 48.9 Å². The van der Waals surface area contributed by atoms with E-state index in [1.54, 1.807) is 0 Å². The molecular formula is C21H22IN. The molecule has 0 saturated carbocycles. The first-order valence-electron chi connectivity index (χ1n) is 7.73. The molecule has 0 heterocycles. The predicted octanol–water partition coefficient (Wildman–Crippen LogP) is 5.27. The zero-order valence-electron chi connectivity index (χ0n) is 13.8. The van der Waals surface area contributed by atoms with Crippen LogP contribution in [-0.2, 0) is 6.54 Å². The molecule has 0 aliphatic carbocycles. The molecular weight excluding hydrogens is 393 g/mol. The highest BCUT2D eigenvalue weighted by Crippen LogP contribution is 2.20. The summed E-state index contributed by atoms with van der Waals surface area (Å²) < 4.78 is 2.92. The van der Waals surface area contributed by atoms with Crippen LogP contribution >= 0.6 is 22.6 Å². The molecule has 0 fully saturated rings. The second-order valence-electron chi connectivity index (χ2n) is 5.83. The molecule has 0 saturated heterocycles. The number of benzene rings is 2. The van der Waals surface area contributed by atoms with E-state index in [4.69, 9.17) is 0 Å². The highest BCUT2D eigenvalue weighted by Gasteiger charge is 2.05. The van der Waals surface area contributed by atoms with Gasteiger partial charge < -0.3 is 4.90 Å². The van der Waals surface area contributed by atoms with E-state index in [0.717, 1.165) is 25.1 Å². The molecule has 0 aliphatic heterocycles. The maximum absolute atomic E-state index is 4.26. The number of nitrogens with zero attached hydrogens (tertiary/aromatic N) is 1. The van der Waals surface area contributed by atoms with Gasteiger partial charge in [0.15, 0.2) is 0 Å². The van der Waals surface area contributed by atoms with Crippen molar-refractivity contribution in [3.8, 4) is 9.85 Å². The molecule has 0 bridgehead atoms. The Morgan fingerprint density at radius 1 is 1.17 bits per heavy atom. The molecule has 1 nitrogen and oxygen atoms in total. The van der Waals surface area contributed by atoms with Crippen LogP contribution in [0.1, 0.15) is 28.7 Å². The number of hydrogen-bond acceptors (Lipinski definition) is 1. The van der Waals surface area contributed by atoms with E-state index in [0.29, 0.717) is 0 Å². The van der Waals surface area contributed by atoms with Crippen molar-refractivity contribution in [2.75, 3.05) is 13.6 Å². The van der Waals surface area contributed by atoms with Gasteiger partial charge >= 0.3 is 0 Å². The average molecular weight is 415 g/mol. The predicted molar refractivity (Wildman–Crippen MR) is 109 cm³/mol. The van der Waals surface area contributed by atoms with Gasteiger partial charge in [0.25, 0.3) is 0 Å². The Kier molecular flexibility index (Phi) is 6.88. The lowest BCUT2D eigenvalue weighted by molar-refractivity contribution is 0.335. The Morgan fingerprint density at radius 2 is 1.96 bits per heavy atom. The topological polar surface area (TPSA) is 3.24 Å². The van der Waals surface area contributed by atoms with Crippen LogP contribution in [-0.4, -0.2) is 18.5 Å². The molecule has 0 spiro atoms. The van der Waals surface area contributed by atoms with Crippen LogP contribution in [0.25, 0.3) is 5.57 Å². The fraction of sp³-hybridized carbons (Fsp3) is 0.238. The lowest BCUT2D eigenvalue weighted by Crippen LogP contribution is -2.19. The zero-order chi connectivity index (χ0) is 16.7. The summed E-state index contributed by atoms with van der Waals surface area (Å²) in [4.78, 5) is 2.33. The first kappa shape index (κ1) is 17.8. The van der Waals surface area contributed by atoms with Crippen molar-refractivity contribution < 1.29 is 0 Å². The van der Waals surface area contributed by atoms with Crippen molar-refractivity contribution in [3.63, 3.8) is 0 Å². The number of halogens is 1. The first-order chi connectivity index (χ1) is 11.1. The lowest BCUT2D eigenvalue weighted by atomic mass is 9.99. The summed E-state index contributed by atoms with van der Waals surface area (Å²) in [7, 11) is 2.15. The van der Waals surface area contributed by atoms with Gasteiger partial charge in [-0.05, 0) is 58.7 Å². The molecule has 2 heteroatoms. The lowest BCUT2D eigenvalue weighted by Gasteiger charge is -2.18. The van der Waals surface area contributed by atoms with Gasteiger partial charge in [0, 0.05) is 41.2 Å². The Labute approximate surface area is 153 Å². The molecule has 2 aromatic carbocycles. The van der Waals surface area contributed by atoms with E-state index >= 15 is 0 Å². The van der Waals surface area contributed by atoms with E-state index in [-0.39, 0.29) is 0 Å². The fourth-order valence-corrected chi connectivity index (χ4v) is 2.93. The van der Waals surface area contributed by atoms with Crippen LogP contribution in [0.4, 0.5) is 0 Å². The summed E-state index contributed by atoms with van der Waals surface area (Å²) >= 11 is 2.08. The van der Waals surface area contributed by atoms with Crippen molar-refractivity contribution >= 4 is 28.2 Å². The van der Waals surface area contributed by atoms with Crippen molar-refractivity contribution in [1.82, 2.24) is 4.90 Å². The first-order valence-corrected chi connectivity index (χ1v) is 8.81. The quantitative estimate of drug-likeness (QED) is 0.459. The molecule has 0 N–H and O–H groups in total. The van der Waals surface area contributed by atoms with Crippen LogP contribution in [0.15, 0.2) is 55.1 Å². The Hall–Kier alpha value is -1.57. The molecule has 118 valence electrons. The van der Waals surface area contributed by atoms with Crippen LogP contribution in [0.5, 0.6) is 0 Å². The maximum atomic E-state index is 4.26. The minimum absolute atomic E-state index is 0.928. The van der Waals surface area contributed by atoms with E-state index < -0.39 is 0 Å². The Balaban J connectivity index is 1.91. The van der Waals surface area contributed by atoms with Gasteiger partial charge in [0.05, 0.1) is 0 Å². The summed E-state index contributed by atoms with van der Waals surface area (Å²) in [6.07, 6.45) is 0.981. The molecule has 0 aromatic heterocycles. The largest absolute Gasteiger partial charge is 0.302 e. The van der Waals surface area contributed by atoms with Gasteiger partial charge in [0.2, 0.25) is 0 Å². The highest BCUT2D eigenvalue weighted by molar-refractivity contribution is 14.1. The van der Waals surface area contributed by atoms with Gasteiger partial charge in [-0.3, -0.25) is 0 Å². The van der Waals surface area contributed by atoms with Gasteiger partial charge in [-0.25, -0.2) is 0 Å². The number of rotatable bonds is 6. The van der Waals surface area contributed by atoms with Gasteiger partial charge in [-0.2, -0.15) is 0 Å². The summed E-state index contributed by atoms with van der Waals surface area (Å²) in [6.45, 7) is 8.32. The van der Waals surface area contributed by atoms with Gasteiger partial charge in [-0.15, -0.1) is 0 Å². The Morgan fingerprint density at radius 3 is 2.70 bits per heavy atom. The fourth-order valence-electron chi connectivity index (χ4n) is 2.62. The van der Waals surface area contributed by atoms with Crippen molar-refractivity contribution in [2.45, 2.75) is 19.9 Å². The summed E-state index contributed by atoms with van der Waals surface area (Å²) in [5.41, 5.74) is 6.16. The monoisotopic (exact) mass is 415 g/mol. The Bertz CT molecular complexity index is 737. The molecule has 2 aromatic rings. The average Bonchev–Trinajstić information content (AvgIpc) is 2.54. The van der Waals surface area contributed by atoms with Crippen molar-refractivity contribution in [1.29, 1.82) is 0 Å². The number of hydrogen-bond donors (Lipinski definition) is 0. The van der Waals surface area contributed by atoms with Crippen LogP contribution < -0.4 is 0 Å². The second kappa shape index (κ2) is 8.90. The molecule has 0 unspecified atom stereocenters. The summed E-state index contributed by atoms with van der Waals surface area (Å²) in [6, 6.07) is 16.9.